The van der Waals surface area contributed by atoms with Crippen molar-refractivity contribution >= 4 is 11.7 Å². The van der Waals surface area contributed by atoms with E-state index in [-0.39, 0.29) is 6.03 Å². The fourth-order valence-corrected chi connectivity index (χ4v) is 2.30. The van der Waals surface area contributed by atoms with Gasteiger partial charge in [-0.3, -0.25) is 0 Å². The summed E-state index contributed by atoms with van der Waals surface area (Å²) in [5, 5.41) is 5.67. The van der Waals surface area contributed by atoms with E-state index in [1.165, 1.54) is 5.56 Å². The summed E-state index contributed by atoms with van der Waals surface area (Å²) in [5.41, 5.74) is 3.18. The third-order valence-electron chi connectivity index (χ3n) is 3.79. The van der Waals surface area contributed by atoms with E-state index in [2.05, 4.69) is 24.5 Å². The molecule has 0 aliphatic carbocycles. The minimum Gasteiger partial charge on any atom is -0.493 e. The van der Waals surface area contributed by atoms with Crippen LogP contribution in [0, 0.1) is 6.92 Å². The van der Waals surface area contributed by atoms with E-state index in [9.17, 15) is 4.79 Å². The second-order valence-electron chi connectivity index (χ2n) is 6.13. The smallest absolute Gasteiger partial charge is 0.319 e. The predicted octanol–water partition coefficient (Wildman–Crippen LogP) is 4.71. The normalized spacial score (nSPS) is 10.5. The minimum absolute atomic E-state index is 0.191. The number of anilines is 1. The maximum absolute atomic E-state index is 11.9. The zero-order valence-corrected chi connectivity index (χ0v) is 14.6. The zero-order valence-electron chi connectivity index (χ0n) is 14.6. The Hall–Kier alpha value is -2.49. The van der Waals surface area contributed by atoms with Gasteiger partial charge in [-0.15, -0.1) is 0 Å². The number of carbonyl (C=O) groups excluding carboxylic acids is 1. The van der Waals surface area contributed by atoms with Crippen LogP contribution < -0.4 is 15.4 Å². The first-order valence-corrected chi connectivity index (χ1v) is 8.39. The number of ether oxygens (including phenoxy) is 1. The average molecular weight is 326 g/mol. The molecule has 128 valence electrons. The number of hydrogen-bond donors (Lipinski definition) is 2. The van der Waals surface area contributed by atoms with Gasteiger partial charge in [0.05, 0.1) is 6.61 Å². The SMILES string of the molecule is Cc1ccccc1OCCCNC(=O)Nc1ccc(C(C)C)cc1. The van der Waals surface area contributed by atoms with Gasteiger partial charge in [0.15, 0.2) is 0 Å². The van der Waals surface area contributed by atoms with Crippen LogP contribution in [-0.4, -0.2) is 19.2 Å². The average Bonchev–Trinajstić information content (AvgIpc) is 2.56. The number of aryl methyl sites for hydroxylation is 1. The lowest BCUT2D eigenvalue weighted by atomic mass is 10.0. The molecule has 0 atom stereocenters. The van der Waals surface area contributed by atoms with Crippen molar-refractivity contribution in [1.82, 2.24) is 5.32 Å². The summed E-state index contributed by atoms with van der Waals surface area (Å²) < 4.78 is 5.70. The van der Waals surface area contributed by atoms with Crippen molar-refractivity contribution in [2.75, 3.05) is 18.5 Å². The van der Waals surface area contributed by atoms with Crippen LogP contribution in [-0.2, 0) is 0 Å². The van der Waals surface area contributed by atoms with E-state index in [0.29, 0.717) is 19.1 Å². The Bertz CT molecular complexity index is 651. The molecule has 0 aromatic heterocycles. The van der Waals surface area contributed by atoms with E-state index in [1.54, 1.807) is 0 Å². The van der Waals surface area contributed by atoms with Gasteiger partial charge in [0, 0.05) is 12.2 Å². The third kappa shape index (κ3) is 5.61. The summed E-state index contributed by atoms with van der Waals surface area (Å²) in [6.45, 7) is 7.46. The Labute approximate surface area is 144 Å². The van der Waals surface area contributed by atoms with Crippen LogP contribution in [0.1, 0.15) is 37.3 Å². The molecule has 2 aromatic rings. The second-order valence-corrected chi connectivity index (χ2v) is 6.13. The molecule has 0 heterocycles. The molecule has 0 saturated heterocycles. The molecule has 2 rings (SSSR count). The second kappa shape index (κ2) is 8.96. The van der Waals surface area contributed by atoms with Crippen LogP contribution in [0.4, 0.5) is 10.5 Å². The summed E-state index contributed by atoms with van der Waals surface area (Å²) in [6.07, 6.45) is 0.758. The summed E-state index contributed by atoms with van der Waals surface area (Å²) in [4.78, 5) is 11.9. The molecule has 0 fully saturated rings. The molecule has 0 spiro atoms. The van der Waals surface area contributed by atoms with Gasteiger partial charge in [-0.1, -0.05) is 44.2 Å². The zero-order chi connectivity index (χ0) is 17.4. The molecule has 0 saturated carbocycles. The molecule has 0 unspecified atom stereocenters. The highest BCUT2D eigenvalue weighted by molar-refractivity contribution is 5.89. The molecule has 0 bridgehead atoms. The quantitative estimate of drug-likeness (QED) is 0.724. The van der Waals surface area contributed by atoms with Crippen LogP contribution in [0.15, 0.2) is 48.5 Å². The molecular weight excluding hydrogens is 300 g/mol. The highest BCUT2D eigenvalue weighted by Gasteiger charge is 2.03. The summed E-state index contributed by atoms with van der Waals surface area (Å²) in [7, 11) is 0. The monoisotopic (exact) mass is 326 g/mol. The number of rotatable bonds is 7. The lowest BCUT2D eigenvalue weighted by molar-refractivity contribution is 0.250. The molecule has 2 amide bonds. The van der Waals surface area contributed by atoms with Gasteiger partial charge in [0.25, 0.3) is 0 Å². The van der Waals surface area contributed by atoms with E-state index in [0.717, 1.165) is 23.4 Å². The number of para-hydroxylation sites is 1. The van der Waals surface area contributed by atoms with E-state index in [1.807, 2.05) is 55.5 Å². The van der Waals surface area contributed by atoms with Gasteiger partial charge in [0.1, 0.15) is 5.75 Å². The van der Waals surface area contributed by atoms with E-state index in [4.69, 9.17) is 4.74 Å². The lowest BCUT2D eigenvalue weighted by Gasteiger charge is -2.11. The first-order valence-electron chi connectivity index (χ1n) is 8.39. The number of amides is 2. The first-order chi connectivity index (χ1) is 11.6. The summed E-state index contributed by atoms with van der Waals surface area (Å²) in [6, 6.07) is 15.7. The van der Waals surface area contributed by atoms with Crippen LogP contribution in [0.25, 0.3) is 0 Å². The van der Waals surface area contributed by atoms with Gasteiger partial charge < -0.3 is 15.4 Å². The molecule has 0 aliphatic rings. The number of benzene rings is 2. The molecular formula is C20H26N2O2. The van der Waals surface area contributed by atoms with Gasteiger partial charge in [-0.2, -0.15) is 0 Å². The van der Waals surface area contributed by atoms with Gasteiger partial charge in [-0.05, 0) is 48.6 Å². The van der Waals surface area contributed by atoms with Crippen molar-refractivity contribution in [3.8, 4) is 5.75 Å². The summed E-state index contributed by atoms with van der Waals surface area (Å²) in [5.74, 6) is 1.38. The van der Waals surface area contributed by atoms with Crippen molar-refractivity contribution in [2.45, 2.75) is 33.1 Å². The highest BCUT2D eigenvalue weighted by Crippen LogP contribution is 2.17. The van der Waals surface area contributed by atoms with E-state index < -0.39 is 0 Å². The summed E-state index contributed by atoms with van der Waals surface area (Å²) >= 11 is 0. The largest absolute Gasteiger partial charge is 0.493 e. The van der Waals surface area contributed by atoms with Crippen molar-refractivity contribution in [3.63, 3.8) is 0 Å². The van der Waals surface area contributed by atoms with Crippen molar-refractivity contribution in [2.24, 2.45) is 0 Å². The lowest BCUT2D eigenvalue weighted by Crippen LogP contribution is -2.30. The van der Waals surface area contributed by atoms with Crippen molar-refractivity contribution in [1.29, 1.82) is 0 Å². The van der Waals surface area contributed by atoms with Crippen LogP contribution in [0.5, 0.6) is 5.75 Å². The maximum Gasteiger partial charge on any atom is 0.319 e. The number of hydrogen-bond acceptors (Lipinski definition) is 2. The van der Waals surface area contributed by atoms with Gasteiger partial charge in [-0.25, -0.2) is 4.79 Å². The standard InChI is InChI=1S/C20H26N2O2/c1-15(2)17-9-11-18(12-10-17)22-20(23)21-13-6-14-24-19-8-5-4-7-16(19)3/h4-5,7-12,15H,6,13-14H2,1-3H3,(H2,21,22,23). The number of urea groups is 1. The Balaban J connectivity index is 1.65. The first kappa shape index (κ1) is 17.9. The highest BCUT2D eigenvalue weighted by atomic mass is 16.5. The van der Waals surface area contributed by atoms with Crippen LogP contribution in [0.2, 0.25) is 0 Å². The fraction of sp³-hybridized carbons (Fsp3) is 0.350. The Kier molecular flexibility index (Phi) is 6.67. The number of carbonyl (C=O) groups is 1. The topological polar surface area (TPSA) is 50.4 Å². The predicted molar refractivity (Wildman–Crippen MR) is 98.8 cm³/mol. The minimum atomic E-state index is -0.191. The molecule has 2 aromatic carbocycles. The Morgan fingerprint density at radius 1 is 1.08 bits per heavy atom. The molecule has 0 aliphatic heterocycles. The molecule has 0 radical (unpaired) electrons. The molecule has 2 N–H and O–H groups in total. The van der Waals surface area contributed by atoms with Crippen molar-refractivity contribution in [3.05, 3.63) is 59.7 Å². The molecule has 4 nitrogen and oxygen atoms in total. The number of nitrogens with one attached hydrogen (secondary N) is 2. The van der Waals surface area contributed by atoms with Crippen LogP contribution >= 0.6 is 0 Å². The maximum atomic E-state index is 11.9. The van der Waals surface area contributed by atoms with Crippen molar-refractivity contribution < 1.29 is 9.53 Å². The van der Waals surface area contributed by atoms with Gasteiger partial charge in [0.2, 0.25) is 0 Å². The molecule has 24 heavy (non-hydrogen) atoms. The third-order valence-corrected chi connectivity index (χ3v) is 3.79. The Morgan fingerprint density at radius 3 is 2.46 bits per heavy atom. The Morgan fingerprint density at radius 2 is 1.79 bits per heavy atom. The fourth-order valence-electron chi connectivity index (χ4n) is 2.30. The van der Waals surface area contributed by atoms with Gasteiger partial charge >= 0.3 is 6.03 Å². The van der Waals surface area contributed by atoms with E-state index >= 15 is 0 Å². The molecule has 4 heteroatoms. The van der Waals surface area contributed by atoms with Crippen LogP contribution in [0.3, 0.4) is 0 Å².